The maximum atomic E-state index is 12.5. The third-order valence-corrected chi connectivity index (χ3v) is 3.69. The van der Waals surface area contributed by atoms with E-state index in [0.29, 0.717) is 23.7 Å². The highest BCUT2D eigenvalue weighted by Gasteiger charge is 2.34. The minimum atomic E-state index is -0.697. The molecule has 0 aromatic heterocycles. The van der Waals surface area contributed by atoms with E-state index in [1.807, 2.05) is 6.92 Å². The standard InChI is InChI=1S/C14H16ClNO4/c1-9-7-10(3-4-11(9)15)13(17)16-5-6-20-8-12(16)14(18)19-2/h3-4,7,12H,5-6,8H2,1-2H3. The Morgan fingerprint density at radius 2 is 2.20 bits per heavy atom. The number of aryl methyl sites for hydroxylation is 1. The zero-order valence-electron chi connectivity index (χ0n) is 11.4. The summed E-state index contributed by atoms with van der Waals surface area (Å²) in [6.45, 7) is 2.76. The molecule has 1 aromatic carbocycles. The summed E-state index contributed by atoms with van der Waals surface area (Å²) in [5.41, 5.74) is 1.32. The van der Waals surface area contributed by atoms with Crippen molar-refractivity contribution in [1.82, 2.24) is 4.90 Å². The molecule has 1 atom stereocenters. The van der Waals surface area contributed by atoms with E-state index in [1.165, 1.54) is 12.0 Å². The Kier molecular flexibility index (Phi) is 4.62. The number of hydrogen-bond acceptors (Lipinski definition) is 4. The smallest absolute Gasteiger partial charge is 0.331 e. The van der Waals surface area contributed by atoms with Crippen LogP contribution < -0.4 is 0 Å². The van der Waals surface area contributed by atoms with Gasteiger partial charge >= 0.3 is 5.97 Å². The van der Waals surface area contributed by atoms with Crippen LogP contribution in [0.4, 0.5) is 0 Å². The molecule has 1 aromatic rings. The number of methoxy groups -OCH3 is 1. The van der Waals surface area contributed by atoms with Crippen LogP contribution in [-0.2, 0) is 14.3 Å². The van der Waals surface area contributed by atoms with Crippen LogP contribution in [0.5, 0.6) is 0 Å². The molecule has 1 heterocycles. The Morgan fingerprint density at radius 1 is 1.45 bits per heavy atom. The lowest BCUT2D eigenvalue weighted by Crippen LogP contribution is -2.53. The van der Waals surface area contributed by atoms with Crippen LogP contribution in [0.3, 0.4) is 0 Å². The summed E-state index contributed by atoms with van der Waals surface area (Å²) in [4.78, 5) is 25.7. The fourth-order valence-electron chi connectivity index (χ4n) is 2.12. The van der Waals surface area contributed by atoms with Gasteiger partial charge in [-0.25, -0.2) is 4.79 Å². The Balaban J connectivity index is 2.25. The zero-order chi connectivity index (χ0) is 14.7. The highest BCUT2D eigenvalue weighted by Crippen LogP contribution is 2.19. The van der Waals surface area contributed by atoms with Crippen LogP contribution in [0.1, 0.15) is 15.9 Å². The van der Waals surface area contributed by atoms with Crippen molar-refractivity contribution < 1.29 is 19.1 Å². The number of benzene rings is 1. The van der Waals surface area contributed by atoms with E-state index >= 15 is 0 Å². The van der Waals surface area contributed by atoms with E-state index in [4.69, 9.17) is 21.1 Å². The molecule has 1 aliphatic heterocycles. The number of ether oxygens (including phenoxy) is 2. The summed E-state index contributed by atoms with van der Waals surface area (Å²) in [5.74, 6) is -0.688. The van der Waals surface area contributed by atoms with Gasteiger partial charge in [-0.3, -0.25) is 4.79 Å². The lowest BCUT2D eigenvalue weighted by atomic mass is 10.1. The van der Waals surface area contributed by atoms with Gasteiger partial charge < -0.3 is 14.4 Å². The molecule has 1 saturated heterocycles. The number of hydrogen-bond donors (Lipinski definition) is 0. The first kappa shape index (κ1) is 14.8. The lowest BCUT2D eigenvalue weighted by molar-refractivity contribution is -0.151. The molecule has 0 bridgehead atoms. The first-order valence-electron chi connectivity index (χ1n) is 6.27. The normalized spacial score (nSPS) is 18.8. The van der Waals surface area contributed by atoms with Crippen molar-refractivity contribution in [2.24, 2.45) is 0 Å². The number of carbonyl (C=O) groups is 2. The van der Waals surface area contributed by atoms with Gasteiger partial charge in [-0.1, -0.05) is 11.6 Å². The van der Waals surface area contributed by atoms with Crippen LogP contribution in [0.2, 0.25) is 5.02 Å². The molecule has 1 unspecified atom stereocenters. The van der Waals surface area contributed by atoms with Crippen molar-refractivity contribution >= 4 is 23.5 Å². The van der Waals surface area contributed by atoms with Crippen molar-refractivity contribution in [3.05, 3.63) is 34.3 Å². The topological polar surface area (TPSA) is 55.8 Å². The molecule has 20 heavy (non-hydrogen) atoms. The molecule has 0 spiro atoms. The number of morpholine rings is 1. The molecule has 0 aliphatic carbocycles. The predicted molar refractivity (Wildman–Crippen MR) is 73.8 cm³/mol. The van der Waals surface area contributed by atoms with Crippen molar-refractivity contribution in [2.75, 3.05) is 26.9 Å². The van der Waals surface area contributed by atoms with E-state index in [2.05, 4.69) is 0 Å². The predicted octanol–water partition coefficient (Wildman–Crippen LogP) is 1.66. The third-order valence-electron chi connectivity index (χ3n) is 3.27. The van der Waals surface area contributed by atoms with Gasteiger partial charge in [0.15, 0.2) is 6.04 Å². The van der Waals surface area contributed by atoms with E-state index in [1.54, 1.807) is 18.2 Å². The summed E-state index contributed by atoms with van der Waals surface area (Å²) in [7, 11) is 1.30. The monoisotopic (exact) mass is 297 g/mol. The maximum absolute atomic E-state index is 12.5. The van der Waals surface area contributed by atoms with Crippen molar-refractivity contribution in [3.63, 3.8) is 0 Å². The molecule has 108 valence electrons. The summed E-state index contributed by atoms with van der Waals surface area (Å²) in [6.07, 6.45) is 0. The highest BCUT2D eigenvalue weighted by molar-refractivity contribution is 6.31. The van der Waals surface area contributed by atoms with E-state index in [-0.39, 0.29) is 12.5 Å². The Morgan fingerprint density at radius 3 is 2.85 bits per heavy atom. The average Bonchev–Trinajstić information content (AvgIpc) is 2.48. The molecular weight excluding hydrogens is 282 g/mol. The molecule has 1 fully saturated rings. The van der Waals surface area contributed by atoms with Gasteiger partial charge in [0.1, 0.15) is 0 Å². The number of carbonyl (C=O) groups excluding carboxylic acids is 2. The molecule has 0 saturated carbocycles. The average molecular weight is 298 g/mol. The second-order valence-electron chi connectivity index (χ2n) is 4.58. The van der Waals surface area contributed by atoms with E-state index in [9.17, 15) is 9.59 Å². The van der Waals surface area contributed by atoms with Gasteiger partial charge in [0.2, 0.25) is 0 Å². The van der Waals surface area contributed by atoms with Crippen molar-refractivity contribution in [2.45, 2.75) is 13.0 Å². The quantitative estimate of drug-likeness (QED) is 0.779. The molecule has 6 heteroatoms. The molecule has 0 radical (unpaired) electrons. The zero-order valence-corrected chi connectivity index (χ0v) is 12.1. The summed E-state index contributed by atoms with van der Waals surface area (Å²) in [6, 6.07) is 4.35. The number of rotatable bonds is 2. The van der Waals surface area contributed by atoms with Crippen LogP contribution >= 0.6 is 11.6 Å². The summed E-state index contributed by atoms with van der Waals surface area (Å²) >= 11 is 5.95. The second-order valence-corrected chi connectivity index (χ2v) is 4.98. The van der Waals surface area contributed by atoms with Gasteiger partial charge in [0.05, 0.1) is 20.3 Å². The molecule has 5 nitrogen and oxygen atoms in total. The number of halogens is 1. The first-order chi connectivity index (χ1) is 9.54. The Bertz CT molecular complexity index is 532. The van der Waals surface area contributed by atoms with E-state index in [0.717, 1.165) is 5.56 Å². The fourth-order valence-corrected chi connectivity index (χ4v) is 2.24. The number of amides is 1. The number of esters is 1. The fraction of sp³-hybridized carbons (Fsp3) is 0.429. The molecule has 0 N–H and O–H groups in total. The molecule has 1 amide bonds. The number of nitrogens with zero attached hydrogens (tertiary/aromatic N) is 1. The first-order valence-corrected chi connectivity index (χ1v) is 6.65. The molecule has 1 aliphatic rings. The highest BCUT2D eigenvalue weighted by atomic mass is 35.5. The third kappa shape index (κ3) is 2.94. The van der Waals surface area contributed by atoms with Gasteiger partial charge in [0.25, 0.3) is 5.91 Å². The molecular formula is C14H16ClNO4. The van der Waals surface area contributed by atoms with Gasteiger partial charge in [0, 0.05) is 17.1 Å². The van der Waals surface area contributed by atoms with Gasteiger partial charge in [-0.15, -0.1) is 0 Å². The summed E-state index contributed by atoms with van der Waals surface area (Å²) in [5, 5.41) is 0.605. The van der Waals surface area contributed by atoms with Crippen molar-refractivity contribution in [3.8, 4) is 0 Å². The summed E-state index contributed by atoms with van der Waals surface area (Å²) < 4.78 is 9.96. The largest absolute Gasteiger partial charge is 0.467 e. The van der Waals surface area contributed by atoms with Gasteiger partial charge in [-0.05, 0) is 30.7 Å². The molecule has 2 rings (SSSR count). The van der Waals surface area contributed by atoms with Gasteiger partial charge in [-0.2, -0.15) is 0 Å². The lowest BCUT2D eigenvalue weighted by Gasteiger charge is -2.33. The minimum absolute atomic E-state index is 0.158. The van der Waals surface area contributed by atoms with Crippen LogP contribution in [0, 0.1) is 6.92 Å². The SMILES string of the molecule is COC(=O)C1COCCN1C(=O)c1ccc(Cl)c(C)c1. The van der Waals surface area contributed by atoms with Crippen LogP contribution in [0.25, 0.3) is 0 Å². The van der Waals surface area contributed by atoms with Crippen LogP contribution in [0.15, 0.2) is 18.2 Å². The van der Waals surface area contributed by atoms with Crippen LogP contribution in [-0.4, -0.2) is 49.7 Å². The minimum Gasteiger partial charge on any atom is -0.467 e. The van der Waals surface area contributed by atoms with Crippen molar-refractivity contribution in [1.29, 1.82) is 0 Å². The van der Waals surface area contributed by atoms with E-state index < -0.39 is 12.0 Å². The second kappa shape index (κ2) is 6.24. The Hall–Kier alpha value is -1.59. The maximum Gasteiger partial charge on any atom is 0.331 e. The Labute approximate surface area is 122 Å².